The van der Waals surface area contributed by atoms with Crippen LogP contribution < -0.4 is 5.73 Å². The summed E-state index contributed by atoms with van der Waals surface area (Å²) in [6.45, 7) is 0. The Kier molecular flexibility index (Phi) is 3.56. The highest BCUT2D eigenvalue weighted by Crippen LogP contribution is 2.28. The molecule has 0 amide bonds. The van der Waals surface area contributed by atoms with Crippen LogP contribution in [-0.2, 0) is 11.8 Å². The summed E-state index contributed by atoms with van der Waals surface area (Å²) < 4.78 is 7.29. The average Bonchev–Trinajstić information content (AvgIpc) is 2.77. The Hall–Kier alpha value is -1.65. The van der Waals surface area contributed by atoms with E-state index >= 15 is 0 Å². The second-order valence-corrected chi connectivity index (χ2v) is 3.97. The maximum atomic E-state index is 6.24. The van der Waals surface area contributed by atoms with Gasteiger partial charge in [-0.05, 0) is 11.6 Å². The van der Waals surface area contributed by atoms with Crippen molar-refractivity contribution in [3.05, 3.63) is 53.9 Å². The molecule has 0 aliphatic rings. The molecule has 90 valence electrons. The normalized spacial score (nSPS) is 14.5. The number of benzene rings is 1. The predicted octanol–water partition coefficient (Wildman–Crippen LogP) is 1.81. The maximum Gasteiger partial charge on any atom is 0.103 e. The average molecular weight is 231 g/mol. The highest BCUT2D eigenvalue weighted by Gasteiger charge is 2.22. The second kappa shape index (κ2) is 5.12. The number of nitrogens with two attached hydrogens (primary N) is 1. The lowest BCUT2D eigenvalue weighted by Crippen LogP contribution is -2.23. The van der Waals surface area contributed by atoms with E-state index in [1.165, 1.54) is 0 Å². The number of aromatic nitrogens is 2. The number of aryl methyl sites for hydroxylation is 1. The second-order valence-electron chi connectivity index (χ2n) is 3.97. The van der Waals surface area contributed by atoms with Gasteiger partial charge in [0.05, 0.1) is 11.7 Å². The summed E-state index contributed by atoms with van der Waals surface area (Å²) in [5, 5.41) is 4.13. The van der Waals surface area contributed by atoms with Crippen LogP contribution >= 0.6 is 0 Å². The number of rotatable bonds is 4. The summed E-state index contributed by atoms with van der Waals surface area (Å²) in [7, 11) is 3.56. The highest BCUT2D eigenvalue weighted by atomic mass is 16.5. The summed E-state index contributed by atoms with van der Waals surface area (Å²) >= 11 is 0. The van der Waals surface area contributed by atoms with Gasteiger partial charge in [0.15, 0.2) is 0 Å². The first-order valence-electron chi connectivity index (χ1n) is 5.55. The molecule has 2 unspecified atom stereocenters. The maximum absolute atomic E-state index is 6.24. The van der Waals surface area contributed by atoms with Crippen molar-refractivity contribution < 1.29 is 4.74 Å². The molecule has 0 spiro atoms. The van der Waals surface area contributed by atoms with Crippen LogP contribution in [0.15, 0.2) is 42.6 Å². The third-order valence-corrected chi connectivity index (χ3v) is 2.91. The van der Waals surface area contributed by atoms with Gasteiger partial charge in [0.1, 0.15) is 6.10 Å². The number of methoxy groups -OCH3 is 1. The molecule has 0 bridgehead atoms. The van der Waals surface area contributed by atoms with Crippen LogP contribution in [0, 0.1) is 0 Å². The minimum absolute atomic E-state index is 0.161. The topological polar surface area (TPSA) is 53.1 Å². The van der Waals surface area contributed by atoms with Crippen molar-refractivity contribution in [3.8, 4) is 0 Å². The molecular weight excluding hydrogens is 214 g/mol. The summed E-state index contributed by atoms with van der Waals surface area (Å²) in [5.41, 5.74) is 8.27. The first kappa shape index (κ1) is 11.8. The van der Waals surface area contributed by atoms with E-state index in [4.69, 9.17) is 10.5 Å². The van der Waals surface area contributed by atoms with Gasteiger partial charge in [-0.2, -0.15) is 5.10 Å². The fraction of sp³-hybridized carbons (Fsp3) is 0.308. The number of hydrogen-bond donors (Lipinski definition) is 1. The van der Waals surface area contributed by atoms with E-state index in [1.807, 2.05) is 43.4 Å². The Labute approximate surface area is 101 Å². The number of hydrogen-bond acceptors (Lipinski definition) is 3. The highest BCUT2D eigenvalue weighted by molar-refractivity contribution is 5.22. The van der Waals surface area contributed by atoms with Crippen LogP contribution in [0.3, 0.4) is 0 Å². The summed E-state index contributed by atoms with van der Waals surface area (Å²) in [6, 6.07) is 11.7. The standard InChI is InChI=1S/C13H17N3O/c1-16-11(8-9-15-16)12(14)13(17-2)10-6-4-3-5-7-10/h3-9,12-13H,14H2,1-2H3. The lowest BCUT2D eigenvalue weighted by Gasteiger charge is -2.23. The van der Waals surface area contributed by atoms with Crippen LogP contribution in [-0.4, -0.2) is 16.9 Å². The molecule has 2 rings (SSSR count). The molecule has 0 saturated heterocycles. The van der Waals surface area contributed by atoms with E-state index in [-0.39, 0.29) is 12.1 Å². The van der Waals surface area contributed by atoms with E-state index < -0.39 is 0 Å². The van der Waals surface area contributed by atoms with E-state index in [2.05, 4.69) is 5.10 Å². The van der Waals surface area contributed by atoms with Crippen molar-refractivity contribution in [1.29, 1.82) is 0 Å². The molecule has 0 radical (unpaired) electrons. The molecule has 2 aromatic rings. The van der Waals surface area contributed by atoms with Crippen molar-refractivity contribution in [3.63, 3.8) is 0 Å². The monoisotopic (exact) mass is 231 g/mol. The molecule has 4 nitrogen and oxygen atoms in total. The van der Waals surface area contributed by atoms with Crippen LogP contribution in [0.5, 0.6) is 0 Å². The van der Waals surface area contributed by atoms with Crippen molar-refractivity contribution in [2.24, 2.45) is 12.8 Å². The first-order valence-corrected chi connectivity index (χ1v) is 5.55. The zero-order chi connectivity index (χ0) is 12.3. The quantitative estimate of drug-likeness (QED) is 0.873. The zero-order valence-corrected chi connectivity index (χ0v) is 10.1. The Morgan fingerprint density at radius 3 is 2.47 bits per heavy atom. The zero-order valence-electron chi connectivity index (χ0n) is 10.1. The smallest absolute Gasteiger partial charge is 0.103 e. The van der Waals surface area contributed by atoms with Gasteiger partial charge < -0.3 is 10.5 Å². The van der Waals surface area contributed by atoms with Crippen LogP contribution in [0.25, 0.3) is 0 Å². The number of ether oxygens (including phenoxy) is 1. The lowest BCUT2D eigenvalue weighted by molar-refractivity contribution is 0.0778. The molecule has 2 N–H and O–H groups in total. The molecule has 0 fully saturated rings. The van der Waals surface area contributed by atoms with Gasteiger partial charge in [0, 0.05) is 20.4 Å². The number of nitrogens with zero attached hydrogens (tertiary/aromatic N) is 2. The molecule has 0 aliphatic carbocycles. The van der Waals surface area contributed by atoms with Gasteiger partial charge in [-0.1, -0.05) is 30.3 Å². The van der Waals surface area contributed by atoms with Crippen molar-refractivity contribution >= 4 is 0 Å². The van der Waals surface area contributed by atoms with E-state index in [0.29, 0.717) is 0 Å². The minimum atomic E-state index is -0.227. The van der Waals surface area contributed by atoms with Gasteiger partial charge in [-0.15, -0.1) is 0 Å². The first-order chi connectivity index (χ1) is 8.24. The van der Waals surface area contributed by atoms with Crippen LogP contribution in [0.4, 0.5) is 0 Å². The fourth-order valence-corrected chi connectivity index (χ4v) is 2.00. The van der Waals surface area contributed by atoms with Gasteiger partial charge >= 0.3 is 0 Å². The summed E-state index contributed by atoms with van der Waals surface area (Å²) in [6.07, 6.45) is 1.58. The largest absolute Gasteiger partial charge is 0.375 e. The molecule has 1 aromatic carbocycles. The third kappa shape index (κ3) is 2.38. The van der Waals surface area contributed by atoms with E-state index in [9.17, 15) is 0 Å². The fourth-order valence-electron chi connectivity index (χ4n) is 2.00. The van der Waals surface area contributed by atoms with Crippen LogP contribution in [0.1, 0.15) is 23.4 Å². The van der Waals surface area contributed by atoms with Crippen molar-refractivity contribution in [2.75, 3.05) is 7.11 Å². The molecule has 0 aliphatic heterocycles. The molecular formula is C13H17N3O. The molecule has 1 heterocycles. The minimum Gasteiger partial charge on any atom is -0.375 e. The molecule has 2 atom stereocenters. The summed E-state index contributed by atoms with van der Waals surface area (Å²) in [5.74, 6) is 0. The third-order valence-electron chi connectivity index (χ3n) is 2.91. The lowest BCUT2D eigenvalue weighted by atomic mass is 10.0. The molecule has 17 heavy (non-hydrogen) atoms. The van der Waals surface area contributed by atoms with E-state index in [0.717, 1.165) is 11.3 Å². The SMILES string of the molecule is COC(c1ccccc1)C(N)c1ccnn1C. The predicted molar refractivity (Wildman–Crippen MR) is 66.3 cm³/mol. The van der Waals surface area contributed by atoms with Gasteiger partial charge in [0.2, 0.25) is 0 Å². The Morgan fingerprint density at radius 1 is 1.24 bits per heavy atom. The molecule has 4 heteroatoms. The van der Waals surface area contributed by atoms with Crippen molar-refractivity contribution in [1.82, 2.24) is 9.78 Å². The van der Waals surface area contributed by atoms with E-state index in [1.54, 1.807) is 18.0 Å². The summed E-state index contributed by atoms with van der Waals surface area (Å²) in [4.78, 5) is 0. The molecule has 0 saturated carbocycles. The van der Waals surface area contributed by atoms with Crippen LogP contribution in [0.2, 0.25) is 0 Å². The Bertz CT molecular complexity index is 467. The van der Waals surface area contributed by atoms with Gasteiger partial charge in [0.25, 0.3) is 0 Å². The van der Waals surface area contributed by atoms with Gasteiger partial charge in [-0.3, -0.25) is 4.68 Å². The molecule has 1 aromatic heterocycles. The van der Waals surface area contributed by atoms with Gasteiger partial charge in [-0.25, -0.2) is 0 Å². The van der Waals surface area contributed by atoms with Crippen molar-refractivity contribution in [2.45, 2.75) is 12.1 Å². The Balaban J connectivity index is 2.28. The Morgan fingerprint density at radius 2 is 1.94 bits per heavy atom.